The van der Waals surface area contributed by atoms with Crippen LogP contribution in [0.15, 0.2) is 18.2 Å². The van der Waals surface area contributed by atoms with Crippen molar-refractivity contribution in [3.8, 4) is 0 Å². The van der Waals surface area contributed by atoms with Gasteiger partial charge in [0, 0.05) is 15.6 Å². The van der Waals surface area contributed by atoms with Crippen LogP contribution < -0.4 is 5.73 Å². The normalized spacial score (nSPS) is 13.1. The summed E-state index contributed by atoms with van der Waals surface area (Å²) in [6, 6.07) is 5.01. The maximum atomic E-state index is 5.77. The molecule has 0 radical (unpaired) electrons. The van der Waals surface area contributed by atoms with Gasteiger partial charge in [-0.3, -0.25) is 0 Å². The lowest BCUT2D eigenvalue weighted by molar-refractivity contribution is 1.02. The molecule has 1 atom stereocenters. The molecule has 0 heterocycles. The average molecular weight is 210 g/mol. The fourth-order valence-corrected chi connectivity index (χ4v) is 1.38. The minimum atomic E-state index is -0.596. The molecule has 1 aromatic carbocycles. The lowest BCUT2D eigenvalue weighted by atomic mass is 10.2. The van der Waals surface area contributed by atoms with Crippen molar-refractivity contribution < 1.29 is 0 Å². The fourth-order valence-electron chi connectivity index (χ4n) is 0.726. The molecule has 4 heteroatoms. The predicted octanol–water partition coefficient (Wildman–Crippen LogP) is 3.19. The van der Waals surface area contributed by atoms with Crippen LogP contribution >= 0.6 is 34.8 Å². The van der Waals surface area contributed by atoms with E-state index in [-0.39, 0.29) is 0 Å². The van der Waals surface area contributed by atoms with E-state index in [9.17, 15) is 0 Å². The first kappa shape index (κ1) is 9.14. The highest BCUT2D eigenvalue weighted by atomic mass is 35.5. The average Bonchev–Trinajstić information content (AvgIpc) is 1.94. The largest absolute Gasteiger partial charge is 0.312 e. The Morgan fingerprint density at radius 3 is 2.36 bits per heavy atom. The van der Waals surface area contributed by atoms with E-state index < -0.39 is 5.50 Å². The topological polar surface area (TPSA) is 26.0 Å². The molecule has 0 saturated carbocycles. The summed E-state index contributed by atoms with van der Waals surface area (Å²) >= 11 is 17.1. The third-order valence-electron chi connectivity index (χ3n) is 1.26. The highest BCUT2D eigenvalue weighted by molar-refractivity contribution is 6.34. The van der Waals surface area contributed by atoms with E-state index in [0.29, 0.717) is 15.6 Å². The summed E-state index contributed by atoms with van der Waals surface area (Å²) in [4.78, 5) is 0. The lowest BCUT2D eigenvalue weighted by Gasteiger charge is -2.05. The Hall–Kier alpha value is 0.0500. The third kappa shape index (κ3) is 2.24. The molecule has 0 saturated heterocycles. The summed E-state index contributed by atoms with van der Waals surface area (Å²) in [7, 11) is 0. The summed E-state index contributed by atoms with van der Waals surface area (Å²) < 4.78 is 0. The monoisotopic (exact) mass is 209 g/mol. The fraction of sp³-hybridized carbons (Fsp3) is 0.143. The molecule has 2 N–H and O–H groups in total. The molecule has 1 rings (SSSR count). The van der Waals surface area contributed by atoms with Crippen LogP contribution in [0.2, 0.25) is 10.0 Å². The standard InChI is InChI=1S/C7H6Cl3N/c8-4-1-2-6(9)5(3-4)7(10)11/h1-3,7H,11H2. The van der Waals surface area contributed by atoms with Crippen LogP contribution in [-0.4, -0.2) is 0 Å². The molecule has 0 aliphatic rings. The Morgan fingerprint density at radius 2 is 1.91 bits per heavy atom. The minimum Gasteiger partial charge on any atom is -0.312 e. The number of hydrogen-bond donors (Lipinski definition) is 1. The summed E-state index contributed by atoms with van der Waals surface area (Å²) in [5.41, 5.74) is 5.46. The molecule has 1 nitrogen and oxygen atoms in total. The molecule has 11 heavy (non-hydrogen) atoms. The number of benzene rings is 1. The van der Waals surface area contributed by atoms with Crippen molar-refractivity contribution in [1.82, 2.24) is 0 Å². The minimum absolute atomic E-state index is 0.539. The second-order valence-corrected chi connectivity index (χ2v) is 3.38. The molecular weight excluding hydrogens is 204 g/mol. The van der Waals surface area contributed by atoms with E-state index in [2.05, 4.69) is 0 Å². The van der Waals surface area contributed by atoms with E-state index in [4.69, 9.17) is 40.5 Å². The lowest BCUT2D eigenvalue weighted by Crippen LogP contribution is -2.02. The van der Waals surface area contributed by atoms with Gasteiger partial charge >= 0.3 is 0 Å². The molecular formula is C7H6Cl3N. The van der Waals surface area contributed by atoms with Crippen molar-refractivity contribution in [3.05, 3.63) is 33.8 Å². The van der Waals surface area contributed by atoms with E-state index in [0.717, 1.165) is 0 Å². The highest BCUT2D eigenvalue weighted by Gasteiger charge is 2.06. The number of nitrogens with two attached hydrogens (primary N) is 1. The first-order valence-corrected chi connectivity index (χ1v) is 4.15. The SMILES string of the molecule is NC(Cl)c1cc(Cl)ccc1Cl. The molecule has 60 valence electrons. The van der Waals surface area contributed by atoms with Gasteiger partial charge in [0.05, 0.1) is 0 Å². The van der Waals surface area contributed by atoms with Gasteiger partial charge in [0.1, 0.15) is 5.50 Å². The van der Waals surface area contributed by atoms with Crippen LogP contribution in [0.3, 0.4) is 0 Å². The maximum Gasteiger partial charge on any atom is 0.107 e. The van der Waals surface area contributed by atoms with E-state index in [1.54, 1.807) is 18.2 Å². The second kappa shape index (κ2) is 3.63. The Bertz CT molecular complexity index is 260. The summed E-state index contributed by atoms with van der Waals surface area (Å²) in [6.45, 7) is 0. The number of hydrogen-bond acceptors (Lipinski definition) is 1. The van der Waals surface area contributed by atoms with Crippen LogP contribution in [0.4, 0.5) is 0 Å². The predicted molar refractivity (Wildman–Crippen MR) is 49.2 cm³/mol. The van der Waals surface area contributed by atoms with Crippen molar-refractivity contribution >= 4 is 34.8 Å². The Labute approximate surface area is 80.0 Å². The molecule has 0 aromatic heterocycles. The molecule has 0 bridgehead atoms. The zero-order valence-corrected chi connectivity index (χ0v) is 7.79. The second-order valence-electron chi connectivity index (χ2n) is 2.07. The summed E-state index contributed by atoms with van der Waals surface area (Å²) in [5.74, 6) is 0. The molecule has 1 aromatic rings. The van der Waals surface area contributed by atoms with Gasteiger partial charge in [0.15, 0.2) is 0 Å². The van der Waals surface area contributed by atoms with Crippen LogP contribution in [0, 0.1) is 0 Å². The highest BCUT2D eigenvalue weighted by Crippen LogP contribution is 2.26. The smallest absolute Gasteiger partial charge is 0.107 e. The van der Waals surface area contributed by atoms with Crippen molar-refractivity contribution in [2.24, 2.45) is 5.73 Å². The first-order valence-electron chi connectivity index (χ1n) is 2.96. The van der Waals surface area contributed by atoms with Gasteiger partial charge in [-0.2, -0.15) is 0 Å². The van der Waals surface area contributed by atoms with Crippen molar-refractivity contribution in [2.45, 2.75) is 5.50 Å². The Morgan fingerprint density at radius 1 is 1.27 bits per heavy atom. The molecule has 0 aliphatic carbocycles. The van der Waals surface area contributed by atoms with Gasteiger partial charge in [-0.25, -0.2) is 0 Å². The molecule has 0 aliphatic heterocycles. The van der Waals surface area contributed by atoms with Gasteiger partial charge < -0.3 is 5.73 Å². The van der Waals surface area contributed by atoms with Crippen molar-refractivity contribution in [3.63, 3.8) is 0 Å². The van der Waals surface area contributed by atoms with Crippen LogP contribution in [0.25, 0.3) is 0 Å². The van der Waals surface area contributed by atoms with Gasteiger partial charge in [-0.15, -0.1) is 11.6 Å². The van der Waals surface area contributed by atoms with E-state index in [1.165, 1.54) is 0 Å². The van der Waals surface area contributed by atoms with E-state index in [1.807, 2.05) is 0 Å². The molecule has 0 amide bonds. The Balaban J connectivity index is 3.13. The van der Waals surface area contributed by atoms with Gasteiger partial charge in [-0.05, 0) is 18.2 Å². The van der Waals surface area contributed by atoms with Crippen LogP contribution in [0.1, 0.15) is 11.1 Å². The van der Waals surface area contributed by atoms with Gasteiger partial charge in [-0.1, -0.05) is 23.2 Å². The Kier molecular flexibility index (Phi) is 3.02. The summed E-state index contributed by atoms with van der Waals surface area (Å²) in [5, 5.41) is 1.12. The zero-order chi connectivity index (χ0) is 8.43. The molecule has 0 spiro atoms. The molecule has 1 unspecified atom stereocenters. The number of alkyl halides is 1. The molecule has 0 fully saturated rings. The van der Waals surface area contributed by atoms with E-state index >= 15 is 0 Å². The summed E-state index contributed by atoms with van der Waals surface area (Å²) in [6.07, 6.45) is 0. The van der Waals surface area contributed by atoms with Crippen molar-refractivity contribution in [1.29, 1.82) is 0 Å². The van der Waals surface area contributed by atoms with Gasteiger partial charge in [0.2, 0.25) is 0 Å². The zero-order valence-electron chi connectivity index (χ0n) is 5.52. The maximum absolute atomic E-state index is 5.77. The first-order chi connectivity index (χ1) is 5.11. The third-order valence-corrected chi connectivity index (χ3v) is 2.07. The van der Waals surface area contributed by atoms with Gasteiger partial charge in [0.25, 0.3) is 0 Å². The number of halogens is 3. The van der Waals surface area contributed by atoms with Crippen LogP contribution in [-0.2, 0) is 0 Å². The quantitative estimate of drug-likeness (QED) is 0.559. The van der Waals surface area contributed by atoms with Crippen molar-refractivity contribution in [2.75, 3.05) is 0 Å². The number of rotatable bonds is 1. The van der Waals surface area contributed by atoms with Crippen LogP contribution in [0.5, 0.6) is 0 Å².